The molecule has 1 aromatic rings. The summed E-state index contributed by atoms with van der Waals surface area (Å²) in [4.78, 5) is 30.6. The maximum Gasteiger partial charge on any atom is 0.310 e. The number of amides is 1. The van der Waals surface area contributed by atoms with Crippen molar-refractivity contribution in [2.24, 2.45) is 29.1 Å². The predicted molar refractivity (Wildman–Crippen MR) is 107 cm³/mol. The SMILES string of the molecule is O=C(OC1CCCNC1)[C@H]1[C@H](C(=O)Nc2ccc(Br)nc2)[C@@H]2CC[C@H]1C21CC1. The molecule has 3 saturated carbocycles. The van der Waals surface area contributed by atoms with E-state index < -0.39 is 0 Å². The highest BCUT2D eigenvalue weighted by molar-refractivity contribution is 9.10. The van der Waals surface area contributed by atoms with E-state index in [9.17, 15) is 9.59 Å². The number of aromatic nitrogens is 1. The fraction of sp³-hybridized carbons (Fsp3) is 0.667. The minimum atomic E-state index is -0.299. The number of pyridine rings is 1. The highest BCUT2D eigenvalue weighted by Gasteiger charge is 2.72. The number of ether oxygens (including phenoxy) is 1. The van der Waals surface area contributed by atoms with Crippen molar-refractivity contribution in [1.29, 1.82) is 0 Å². The Morgan fingerprint density at radius 1 is 1.18 bits per heavy atom. The van der Waals surface area contributed by atoms with Gasteiger partial charge in [-0.05, 0) is 90.4 Å². The van der Waals surface area contributed by atoms with Crippen molar-refractivity contribution < 1.29 is 14.3 Å². The average Bonchev–Trinajstić information content (AvgIpc) is 3.37. The Hall–Kier alpha value is -1.47. The van der Waals surface area contributed by atoms with E-state index in [4.69, 9.17) is 4.74 Å². The molecule has 7 heteroatoms. The Morgan fingerprint density at radius 2 is 1.96 bits per heavy atom. The number of hydrogen-bond acceptors (Lipinski definition) is 5. The smallest absolute Gasteiger partial charge is 0.310 e. The lowest BCUT2D eigenvalue weighted by Crippen LogP contribution is -2.42. The molecule has 150 valence electrons. The Balaban J connectivity index is 1.35. The first kappa shape index (κ1) is 18.6. The molecule has 3 aliphatic carbocycles. The first-order valence-corrected chi connectivity index (χ1v) is 11.2. The van der Waals surface area contributed by atoms with Gasteiger partial charge in [0.25, 0.3) is 0 Å². The van der Waals surface area contributed by atoms with Crippen molar-refractivity contribution in [1.82, 2.24) is 10.3 Å². The summed E-state index contributed by atoms with van der Waals surface area (Å²) in [5.74, 6) is -0.170. The van der Waals surface area contributed by atoms with Crippen LogP contribution in [0.2, 0.25) is 0 Å². The number of halogens is 1. The molecule has 1 aromatic heterocycles. The van der Waals surface area contributed by atoms with Gasteiger partial charge in [0.15, 0.2) is 0 Å². The van der Waals surface area contributed by atoms with Crippen molar-refractivity contribution in [3.05, 3.63) is 22.9 Å². The molecule has 4 fully saturated rings. The van der Waals surface area contributed by atoms with Gasteiger partial charge >= 0.3 is 5.97 Å². The third-order valence-corrected chi connectivity index (χ3v) is 7.92. The van der Waals surface area contributed by atoms with E-state index in [0.717, 1.165) is 56.2 Å². The molecule has 5 rings (SSSR count). The van der Waals surface area contributed by atoms with E-state index >= 15 is 0 Å². The maximum absolute atomic E-state index is 13.2. The average molecular weight is 448 g/mol. The minimum Gasteiger partial charge on any atom is -0.461 e. The molecule has 6 nitrogen and oxygen atoms in total. The lowest BCUT2D eigenvalue weighted by Gasteiger charge is -2.31. The molecule has 1 spiro atoms. The van der Waals surface area contributed by atoms with Gasteiger partial charge in [-0.3, -0.25) is 9.59 Å². The fourth-order valence-electron chi connectivity index (χ4n) is 6.17. The number of anilines is 1. The van der Waals surface area contributed by atoms with Crippen LogP contribution in [0.4, 0.5) is 5.69 Å². The lowest BCUT2D eigenvalue weighted by atomic mass is 9.78. The second kappa shape index (κ2) is 7.10. The molecule has 0 aromatic carbocycles. The van der Waals surface area contributed by atoms with Crippen molar-refractivity contribution in [2.45, 2.75) is 44.6 Å². The number of carbonyl (C=O) groups excluding carboxylic acids is 2. The molecule has 2 bridgehead atoms. The Kier molecular flexibility index (Phi) is 4.70. The quantitative estimate of drug-likeness (QED) is 0.547. The molecule has 4 aliphatic rings. The topological polar surface area (TPSA) is 80.3 Å². The molecule has 1 aliphatic heterocycles. The van der Waals surface area contributed by atoms with E-state index in [2.05, 4.69) is 31.5 Å². The number of nitrogens with zero attached hydrogens (tertiary/aromatic N) is 1. The van der Waals surface area contributed by atoms with Crippen LogP contribution < -0.4 is 10.6 Å². The van der Waals surface area contributed by atoms with Crippen LogP contribution >= 0.6 is 15.9 Å². The Morgan fingerprint density at radius 3 is 2.61 bits per heavy atom. The Bertz CT molecular complexity index is 774. The van der Waals surface area contributed by atoms with Crippen molar-refractivity contribution >= 4 is 33.5 Å². The van der Waals surface area contributed by atoms with Crippen LogP contribution in [0.5, 0.6) is 0 Å². The molecule has 28 heavy (non-hydrogen) atoms. The van der Waals surface area contributed by atoms with Gasteiger partial charge in [0.1, 0.15) is 10.7 Å². The van der Waals surface area contributed by atoms with Crippen molar-refractivity contribution in [3.63, 3.8) is 0 Å². The lowest BCUT2D eigenvalue weighted by molar-refractivity contribution is -0.160. The van der Waals surface area contributed by atoms with Crippen LogP contribution in [0.25, 0.3) is 0 Å². The second-order valence-corrected chi connectivity index (χ2v) is 9.65. The van der Waals surface area contributed by atoms with Gasteiger partial charge in [0.05, 0.1) is 23.7 Å². The van der Waals surface area contributed by atoms with Gasteiger partial charge in [0, 0.05) is 6.54 Å². The summed E-state index contributed by atoms with van der Waals surface area (Å²) in [5.41, 5.74) is 0.887. The zero-order chi connectivity index (χ0) is 19.3. The van der Waals surface area contributed by atoms with E-state index in [-0.39, 0.29) is 35.2 Å². The maximum atomic E-state index is 13.2. The summed E-state index contributed by atoms with van der Waals surface area (Å²) in [6.45, 7) is 1.71. The number of hydrogen-bond donors (Lipinski definition) is 2. The molecule has 0 radical (unpaired) electrons. The summed E-state index contributed by atoms with van der Waals surface area (Å²) in [7, 11) is 0. The number of esters is 1. The van der Waals surface area contributed by atoms with Gasteiger partial charge in [-0.25, -0.2) is 4.98 Å². The van der Waals surface area contributed by atoms with Gasteiger partial charge in [-0.1, -0.05) is 0 Å². The zero-order valence-electron chi connectivity index (χ0n) is 15.8. The second-order valence-electron chi connectivity index (χ2n) is 8.84. The fourth-order valence-corrected chi connectivity index (χ4v) is 6.40. The third kappa shape index (κ3) is 3.07. The van der Waals surface area contributed by atoms with E-state index in [1.807, 2.05) is 6.07 Å². The van der Waals surface area contributed by atoms with Crippen LogP contribution in [0.15, 0.2) is 22.9 Å². The molecule has 2 N–H and O–H groups in total. The molecular formula is C21H26BrN3O3. The summed E-state index contributed by atoms with van der Waals surface area (Å²) >= 11 is 3.31. The minimum absolute atomic E-state index is 0.0497. The van der Waals surface area contributed by atoms with Gasteiger partial charge in [0.2, 0.25) is 5.91 Å². The molecule has 5 atom stereocenters. The van der Waals surface area contributed by atoms with Crippen LogP contribution in [0.1, 0.15) is 38.5 Å². The van der Waals surface area contributed by atoms with Crippen LogP contribution in [-0.4, -0.2) is 36.1 Å². The van der Waals surface area contributed by atoms with E-state index in [1.54, 1.807) is 12.3 Å². The number of nitrogens with one attached hydrogen (secondary N) is 2. The first-order chi connectivity index (χ1) is 13.6. The highest BCUT2D eigenvalue weighted by Crippen LogP contribution is 2.74. The zero-order valence-corrected chi connectivity index (χ0v) is 17.4. The molecular weight excluding hydrogens is 422 g/mol. The summed E-state index contributed by atoms with van der Waals surface area (Å²) < 4.78 is 6.62. The van der Waals surface area contributed by atoms with Crippen molar-refractivity contribution in [2.75, 3.05) is 18.4 Å². The predicted octanol–water partition coefficient (Wildman–Crippen LogP) is 3.13. The molecule has 2 heterocycles. The summed E-state index contributed by atoms with van der Waals surface area (Å²) in [5, 5.41) is 6.30. The number of rotatable bonds is 4. The van der Waals surface area contributed by atoms with Crippen LogP contribution in [0.3, 0.4) is 0 Å². The van der Waals surface area contributed by atoms with Gasteiger partial charge in [-0.2, -0.15) is 0 Å². The van der Waals surface area contributed by atoms with Gasteiger partial charge in [-0.15, -0.1) is 0 Å². The third-order valence-electron chi connectivity index (χ3n) is 7.45. The molecule has 1 amide bonds. The number of piperidine rings is 1. The van der Waals surface area contributed by atoms with E-state index in [1.165, 1.54) is 0 Å². The van der Waals surface area contributed by atoms with Crippen LogP contribution in [-0.2, 0) is 14.3 Å². The number of carbonyl (C=O) groups is 2. The van der Waals surface area contributed by atoms with Crippen LogP contribution in [0, 0.1) is 29.1 Å². The monoisotopic (exact) mass is 447 g/mol. The highest BCUT2D eigenvalue weighted by atomic mass is 79.9. The normalized spacial score (nSPS) is 35.0. The largest absolute Gasteiger partial charge is 0.461 e. The van der Waals surface area contributed by atoms with Crippen molar-refractivity contribution in [3.8, 4) is 0 Å². The van der Waals surface area contributed by atoms with Gasteiger partial charge < -0.3 is 15.4 Å². The molecule has 1 unspecified atom stereocenters. The Labute approximate surface area is 173 Å². The summed E-state index contributed by atoms with van der Waals surface area (Å²) in [6, 6.07) is 3.64. The summed E-state index contributed by atoms with van der Waals surface area (Å²) in [6.07, 6.45) is 7.93. The first-order valence-electron chi connectivity index (χ1n) is 10.4. The van der Waals surface area contributed by atoms with E-state index in [0.29, 0.717) is 17.5 Å². The molecule has 1 saturated heterocycles. The standard InChI is InChI=1S/C21H26BrN3O3/c22-16-6-3-12(10-24-16)25-19(26)17-14-4-5-15(21(14)7-8-21)18(17)20(27)28-13-2-1-9-23-11-13/h3,6,10,13-15,17-18,23H,1-2,4-5,7-9,11H2,(H,25,26)/t13?,14-,15+,17+,18+/m0/s1.